The van der Waals surface area contributed by atoms with Crippen molar-refractivity contribution in [3.05, 3.63) is 23.8 Å². The highest BCUT2D eigenvalue weighted by molar-refractivity contribution is 5.94. The molecule has 1 heterocycles. The molecule has 5 nitrogen and oxygen atoms in total. The summed E-state index contributed by atoms with van der Waals surface area (Å²) >= 11 is 0. The van der Waals surface area contributed by atoms with Crippen molar-refractivity contribution in [3.8, 4) is 5.75 Å². The molecule has 5 heteroatoms. The van der Waals surface area contributed by atoms with Crippen molar-refractivity contribution in [2.45, 2.75) is 39.5 Å². The van der Waals surface area contributed by atoms with Gasteiger partial charge < -0.3 is 15.0 Å². The molecule has 0 atom stereocenters. The Labute approximate surface area is 138 Å². The van der Waals surface area contributed by atoms with Gasteiger partial charge in [0.1, 0.15) is 5.75 Å². The first kappa shape index (κ1) is 17.3. The van der Waals surface area contributed by atoms with E-state index in [1.165, 1.54) is 5.56 Å². The third-order valence-electron chi connectivity index (χ3n) is 4.46. The van der Waals surface area contributed by atoms with Gasteiger partial charge in [0, 0.05) is 25.9 Å². The molecule has 1 fully saturated rings. The number of piperidine rings is 1. The second kappa shape index (κ2) is 7.49. The van der Waals surface area contributed by atoms with E-state index in [1.807, 2.05) is 18.2 Å². The molecule has 0 unspecified atom stereocenters. The van der Waals surface area contributed by atoms with Gasteiger partial charge in [0.05, 0.1) is 12.8 Å². The molecule has 2 rings (SSSR count). The van der Waals surface area contributed by atoms with Crippen molar-refractivity contribution in [2.24, 2.45) is 5.92 Å². The number of methoxy groups -OCH3 is 1. The zero-order valence-corrected chi connectivity index (χ0v) is 14.4. The lowest BCUT2D eigenvalue weighted by Crippen LogP contribution is -2.40. The highest BCUT2D eigenvalue weighted by atomic mass is 16.5. The summed E-state index contributed by atoms with van der Waals surface area (Å²) in [6, 6.07) is 5.89. The Morgan fingerprint density at radius 3 is 2.43 bits per heavy atom. The second-order valence-electron chi connectivity index (χ2n) is 6.38. The van der Waals surface area contributed by atoms with Crippen molar-refractivity contribution in [1.82, 2.24) is 4.90 Å². The quantitative estimate of drug-likeness (QED) is 0.928. The zero-order valence-electron chi connectivity index (χ0n) is 14.4. The molecular weight excluding hydrogens is 292 g/mol. The van der Waals surface area contributed by atoms with E-state index >= 15 is 0 Å². The van der Waals surface area contributed by atoms with Gasteiger partial charge in [-0.1, -0.05) is 19.9 Å². The number of amides is 2. The predicted molar refractivity (Wildman–Crippen MR) is 90.7 cm³/mol. The molecule has 1 aliphatic rings. The van der Waals surface area contributed by atoms with Crippen LogP contribution in [0.15, 0.2) is 18.2 Å². The van der Waals surface area contributed by atoms with Crippen LogP contribution in [0.3, 0.4) is 0 Å². The number of ether oxygens (including phenoxy) is 1. The van der Waals surface area contributed by atoms with Gasteiger partial charge in [-0.15, -0.1) is 0 Å². The summed E-state index contributed by atoms with van der Waals surface area (Å²) in [5, 5.41) is 2.97. The summed E-state index contributed by atoms with van der Waals surface area (Å²) in [5.74, 6) is 1.12. The fourth-order valence-electron chi connectivity index (χ4n) is 2.86. The number of nitrogens with zero attached hydrogens (tertiary/aromatic N) is 1. The Bertz CT molecular complexity index is 576. The molecule has 2 amide bonds. The molecule has 23 heavy (non-hydrogen) atoms. The highest BCUT2D eigenvalue weighted by Crippen LogP contribution is 2.30. The van der Waals surface area contributed by atoms with Crippen LogP contribution in [0.5, 0.6) is 5.75 Å². The van der Waals surface area contributed by atoms with E-state index in [-0.39, 0.29) is 17.7 Å². The molecule has 0 aromatic heterocycles. The summed E-state index contributed by atoms with van der Waals surface area (Å²) in [6.45, 7) is 7.11. The number of carbonyl (C=O) groups is 2. The lowest BCUT2D eigenvalue weighted by Gasteiger charge is -2.30. The van der Waals surface area contributed by atoms with Gasteiger partial charge in [-0.05, 0) is 36.5 Å². The largest absolute Gasteiger partial charge is 0.495 e. The van der Waals surface area contributed by atoms with Gasteiger partial charge >= 0.3 is 0 Å². The Morgan fingerprint density at radius 1 is 1.26 bits per heavy atom. The first-order valence-electron chi connectivity index (χ1n) is 8.16. The van der Waals surface area contributed by atoms with Gasteiger partial charge in [0.2, 0.25) is 11.8 Å². The molecule has 0 aliphatic carbocycles. The van der Waals surface area contributed by atoms with Gasteiger partial charge in [-0.3, -0.25) is 9.59 Å². The Balaban J connectivity index is 2.02. The number of carbonyl (C=O) groups excluding carboxylic acids is 2. The summed E-state index contributed by atoms with van der Waals surface area (Å²) in [4.78, 5) is 25.6. The van der Waals surface area contributed by atoms with E-state index in [9.17, 15) is 9.59 Å². The predicted octanol–water partition coefficient (Wildman–Crippen LogP) is 3.02. The number of hydrogen-bond acceptors (Lipinski definition) is 3. The van der Waals surface area contributed by atoms with E-state index in [2.05, 4.69) is 19.2 Å². The van der Waals surface area contributed by atoms with Crippen LogP contribution in [0.4, 0.5) is 5.69 Å². The molecular formula is C18H26N2O3. The lowest BCUT2D eigenvalue weighted by molar-refractivity contribution is -0.132. The average molecular weight is 318 g/mol. The highest BCUT2D eigenvalue weighted by Gasteiger charge is 2.26. The van der Waals surface area contributed by atoms with Crippen molar-refractivity contribution in [3.63, 3.8) is 0 Å². The van der Waals surface area contributed by atoms with Crippen LogP contribution in [-0.2, 0) is 9.59 Å². The molecule has 1 N–H and O–H groups in total. The zero-order chi connectivity index (χ0) is 17.0. The number of hydrogen-bond donors (Lipinski definition) is 1. The first-order chi connectivity index (χ1) is 10.9. The second-order valence-corrected chi connectivity index (χ2v) is 6.38. The molecule has 1 aromatic carbocycles. The topological polar surface area (TPSA) is 58.6 Å². The molecule has 1 saturated heterocycles. The molecule has 0 spiro atoms. The fourth-order valence-corrected chi connectivity index (χ4v) is 2.86. The van der Waals surface area contributed by atoms with Crippen LogP contribution in [0.1, 0.15) is 45.1 Å². The maximum atomic E-state index is 12.5. The van der Waals surface area contributed by atoms with Crippen LogP contribution >= 0.6 is 0 Å². The van der Waals surface area contributed by atoms with Gasteiger partial charge in [0.25, 0.3) is 0 Å². The number of anilines is 1. The third kappa shape index (κ3) is 4.24. The van der Waals surface area contributed by atoms with E-state index < -0.39 is 0 Å². The maximum absolute atomic E-state index is 12.5. The summed E-state index contributed by atoms with van der Waals surface area (Å²) in [6.07, 6.45) is 1.41. The van der Waals surface area contributed by atoms with Crippen LogP contribution in [0, 0.1) is 5.92 Å². The third-order valence-corrected chi connectivity index (χ3v) is 4.46. The lowest BCUT2D eigenvalue weighted by atomic mass is 9.95. The summed E-state index contributed by atoms with van der Waals surface area (Å²) in [5.41, 5.74) is 1.88. The van der Waals surface area contributed by atoms with Crippen LogP contribution < -0.4 is 10.1 Å². The minimum Gasteiger partial charge on any atom is -0.495 e. The molecule has 0 saturated carbocycles. The number of likely N-dealkylation sites (tertiary alicyclic amines) is 1. The smallest absolute Gasteiger partial charge is 0.227 e. The number of benzene rings is 1. The molecule has 1 aromatic rings. The molecule has 126 valence electrons. The van der Waals surface area contributed by atoms with Crippen molar-refractivity contribution < 1.29 is 14.3 Å². The van der Waals surface area contributed by atoms with E-state index in [0.717, 1.165) is 0 Å². The summed E-state index contributed by atoms with van der Waals surface area (Å²) < 4.78 is 5.41. The van der Waals surface area contributed by atoms with Crippen molar-refractivity contribution in [2.75, 3.05) is 25.5 Å². The van der Waals surface area contributed by atoms with Gasteiger partial charge in [-0.25, -0.2) is 0 Å². The van der Waals surface area contributed by atoms with E-state index in [4.69, 9.17) is 4.74 Å². The van der Waals surface area contributed by atoms with Crippen molar-refractivity contribution >= 4 is 17.5 Å². The minimum absolute atomic E-state index is 0.00352. The number of rotatable bonds is 4. The first-order valence-corrected chi connectivity index (χ1v) is 8.16. The number of nitrogens with one attached hydrogen (secondary N) is 1. The van der Waals surface area contributed by atoms with Gasteiger partial charge in [0.15, 0.2) is 0 Å². The summed E-state index contributed by atoms with van der Waals surface area (Å²) in [7, 11) is 1.61. The van der Waals surface area contributed by atoms with Crippen LogP contribution in [0.25, 0.3) is 0 Å². The Hall–Kier alpha value is -2.04. The average Bonchev–Trinajstić information content (AvgIpc) is 2.55. The van der Waals surface area contributed by atoms with E-state index in [0.29, 0.717) is 43.3 Å². The Kier molecular flexibility index (Phi) is 5.64. The normalized spacial score (nSPS) is 15.6. The standard InChI is InChI=1S/C18H26N2O3/c1-12(2)15-5-6-16(17(11-15)23-4)19-18(22)14-7-9-20(10-8-14)13(3)21/h5-6,11-12,14H,7-10H2,1-4H3,(H,19,22). The molecule has 0 bridgehead atoms. The van der Waals surface area contributed by atoms with Crippen LogP contribution in [-0.4, -0.2) is 36.9 Å². The molecule has 0 radical (unpaired) electrons. The monoisotopic (exact) mass is 318 g/mol. The molecule has 1 aliphatic heterocycles. The van der Waals surface area contributed by atoms with Crippen LogP contribution in [0.2, 0.25) is 0 Å². The van der Waals surface area contributed by atoms with E-state index in [1.54, 1.807) is 18.9 Å². The SMILES string of the molecule is COc1cc(C(C)C)ccc1NC(=O)C1CCN(C(C)=O)CC1. The minimum atomic E-state index is -0.0555. The Morgan fingerprint density at radius 2 is 1.91 bits per heavy atom. The maximum Gasteiger partial charge on any atom is 0.227 e. The van der Waals surface area contributed by atoms with Gasteiger partial charge in [-0.2, -0.15) is 0 Å². The van der Waals surface area contributed by atoms with Crippen molar-refractivity contribution in [1.29, 1.82) is 0 Å². The fraction of sp³-hybridized carbons (Fsp3) is 0.556.